The fourth-order valence-electron chi connectivity index (χ4n) is 7.56. The minimum absolute atomic E-state index is 0. The zero-order valence-corrected chi connectivity index (χ0v) is 25.6. The zero-order chi connectivity index (χ0) is 22.5. The van der Waals surface area contributed by atoms with Gasteiger partial charge in [-0.15, -0.1) is 34.7 Å². The molecule has 3 heteroatoms. The number of benzene rings is 3. The molecule has 1 heterocycles. The monoisotopic (exact) mass is 652 g/mol. The molecule has 4 aliphatic carbocycles. The van der Waals surface area contributed by atoms with E-state index in [0.717, 1.165) is 34.7 Å². The maximum absolute atomic E-state index is 5.73. The number of fused-ring (bicyclic) bond motifs is 1. The SMILES string of the molecule is [CH3-].[CH3-].[Hf+4].[c-]1ccc2ccccc2c1-c1cccc(C([N-]C23CC4CC(CC(C4)C2)C3)c2ccccc2)n1. The van der Waals surface area contributed by atoms with E-state index in [1.54, 1.807) is 0 Å². The molecule has 4 saturated carbocycles. The van der Waals surface area contributed by atoms with Gasteiger partial charge in [0.15, 0.2) is 0 Å². The summed E-state index contributed by atoms with van der Waals surface area (Å²) >= 11 is 0. The largest absolute Gasteiger partial charge is 4.00 e. The van der Waals surface area contributed by atoms with Crippen molar-refractivity contribution in [3.8, 4) is 11.3 Å². The van der Waals surface area contributed by atoms with Crippen LogP contribution in [0.4, 0.5) is 0 Å². The Hall–Kier alpha value is -2.10. The Morgan fingerprint density at radius 1 is 0.757 bits per heavy atom. The molecule has 0 aliphatic heterocycles. The smallest absolute Gasteiger partial charge is 0.645 e. The fourth-order valence-corrected chi connectivity index (χ4v) is 7.56. The summed E-state index contributed by atoms with van der Waals surface area (Å²) in [5, 5.41) is 8.15. The van der Waals surface area contributed by atoms with Crippen LogP contribution in [0.15, 0.2) is 84.9 Å². The second-order valence-corrected chi connectivity index (χ2v) is 11.0. The Morgan fingerprint density at radius 2 is 1.41 bits per heavy atom. The Kier molecular flexibility index (Phi) is 8.55. The van der Waals surface area contributed by atoms with Crippen LogP contribution in [0.2, 0.25) is 0 Å². The van der Waals surface area contributed by atoms with Crippen LogP contribution in [-0.2, 0) is 25.8 Å². The summed E-state index contributed by atoms with van der Waals surface area (Å²) in [5.74, 6) is 2.66. The van der Waals surface area contributed by atoms with Gasteiger partial charge in [0, 0.05) is 5.69 Å². The quantitative estimate of drug-likeness (QED) is 0.156. The molecule has 8 rings (SSSR count). The number of hydrogen-bond acceptors (Lipinski definition) is 1. The van der Waals surface area contributed by atoms with E-state index < -0.39 is 0 Å². The summed E-state index contributed by atoms with van der Waals surface area (Å²) in [4.78, 5) is 5.24. The molecule has 4 fully saturated rings. The molecule has 186 valence electrons. The van der Waals surface area contributed by atoms with Gasteiger partial charge in [0.25, 0.3) is 0 Å². The molecule has 1 unspecified atom stereocenters. The maximum atomic E-state index is 5.73. The molecular formula is C34H36HfN2. The third kappa shape index (κ3) is 5.27. The summed E-state index contributed by atoms with van der Waals surface area (Å²) < 4.78 is 0. The van der Waals surface area contributed by atoms with Crippen molar-refractivity contribution < 1.29 is 25.8 Å². The summed E-state index contributed by atoms with van der Waals surface area (Å²) in [6, 6.07) is 33.4. The summed E-state index contributed by atoms with van der Waals surface area (Å²) in [6.07, 6.45) is 8.15. The van der Waals surface area contributed by atoms with Gasteiger partial charge in [-0.2, -0.15) is 0 Å². The molecular weight excluding hydrogens is 615 g/mol. The van der Waals surface area contributed by atoms with Gasteiger partial charge in [-0.3, -0.25) is 0 Å². The fraction of sp³-hybridized carbons (Fsp3) is 0.324. The summed E-state index contributed by atoms with van der Waals surface area (Å²) in [7, 11) is 0. The van der Waals surface area contributed by atoms with Gasteiger partial charge in [-0.25, -0.2) is 0 Å². The summed E-state index contributed by atoms with van der Waals surface area (Å²) in [5.41, 5.74) is 4.50. The molecule has 37 heavy (non-hydrogen) atoms. The number of hydrogen-bond donors (Lipinski definition) is 0. The third-order valence-corrected chi connectivity index (χ3v) is 8.55. The summed E-state index contributed by atoms with van der Waals surface area (Å²) in [6.45, 7) is 0. The predicted octanol–water partition coefficient (Wildman–Crippen LogP) is 9.03. The average Bonchev–Trinajstić information content (AvgIpc) is 2.87. The minimum Gasteiger partial charge on any atom is -0.645 e. The van der Waals surface area contributed by atoms with Gasteiger partial charge in [0.2, 0.25) is 0 Å². The molecule has 4 aromatic rings. The van der Waals surface area contributed by atoms with Crippen molar-refractivity contribution in [1.29, 1.82) is 0 Å². The first-order valence-electron chi connectivity index (χ1n) is 12.9. The molecule has 0 N–H and O–H groups in total. The van der Waals surface area contributed by atoms with E-state index in [0.29, 0.717) is 0 Å². The topological polar surface area (TPSA) is 27.0 Å². The molecule has 0 radical (unpaired) electrons. The number of aromatic nitrogens is 1. The molecule has 1 atom stereocenters. The predicted molar refractivity (Wildman–Crippen MR) is 151 cm³/mol. The first-order valence-corrected chi connectivity index (χ1v) is 12.9. The van der Waals surface area contributed by atoms with Gasteiger partial charge in [-0.05, 0) is 48.8 Å². The molecule has 1 aromatic heterocycles. The van der Waals surface area contributed by atoms with Gasteiger partial charge < -0.3 is 25.2 Å². The molecule has 2 nitrogen and oxygen atoms in total. The first-order chi connectivity index (χ1) is 16.7. The van der Waals surface area contributed by atoms with Crippen molar-refractivity contribution in [3.63, 3.8) is 0 Å². The van der Waals surface area contributed by atoms with E-state index in [4.69, 9.17) is 10.3 Å². The molecule has 0 saturated heterocycles. The van der Waals surface area contributed by atoms with Crippen molar-refractivity contribution in [2.75, 3.05) is 0 Å². The van der Waals surface area contributed by atoms with Crippen LogP contribution in [0.25, 0.3) is 27.3 Å². The van der Waals surface area contributed by atoms with Crippen LogP contribution < -0.4 is 0 Å². The standard InChI is InChI=1S/C32H30N2.2CH3.Hf/c1-2-9-26(10-3-1)31(34-32-19-22-16-23(20-32)18-24(17-22)21-32)30-15-7-14-29(33-30)28-13-6-11-25-8-4-5-12-27(25)28;;;/h1-12,14-15,22-24,31H,16-21H2;2*1H3;/q-2;2*-1;+4. The van der Waals surface area contributed by atoms with Crippen LogP contribution in [0.3, 0.4) is 0 Å². The normalized spacial score (nSPS) is 26.0. The Morgan fingerprint density at radius 3 is 2.11 bits per heavy atom. The van der Waals surface area contributed by atoms with Crippen molar-refractivity contribution in [2.45, 2.75) is 50.1 Å². The van der Waals surface area contributed by atoms with E-state index in [2.05, 4.69) is 84.9 Å². The molecule has 0 spiro atoms. The molecule has 0 amide bonds. The molecule has 4 aliphatic rings. The van der Waals surface area contributed by atoms with Gasteiger partial charge in [0.05, 0.1) is 0 Å². The van der Waals surface area contributed by atoms with Crippen molar-refractivity contribution >= 4 is 10.8 Å². The Labute approximate surface area is 242 Å². The van der Waals surface area contributed by atoms with E-state index in [1.807, 2.05) is 6.07 Å². The van der Waals surface area contributed by atoms with Crippen LogP contribution in [0.5, 0.6) is 0 Å². The third-order valence-electron chi connectivity index (χ3n) is 8.55. The minimum atomic E-state index is -0.0209. The van der Waals surface area contributed by atoms with Gasteiger partial charge in [0.1, 0.15) is 0 Å². The van der Waals surface area contributed by atoms with E-state index in [9.17, 15) is 0 Å². The number of rotatable bonds is 5. The van der Waals surface area contributed by atoms with Gasteiger partial charge in [-0.1, -0.05) is 103 Å². The number of pyridine rings is 1. The van der Waals surface area contributed by atoms with Crippen LogP contribution in [0.1, 0.15) is 55.8 Å². The van der Waals surface area contributed by atoms with E-state index in [1.165, 1.54) is 54.9 Å². The Bertz CT molecular complexity index is 1290. The van der Waals surface area contributed by atoms with Crippen LogP contribution >= 0.6 is 0 Å². The maximum Gasteiger partial charge on any atom is 4.00 e. The van der Waals surface area contributed by atoms with Crippen molar-refractivity contribution in [3.05, 3.63) is 122 Å². The van der Waals surface area contributed by atoms with Gasteiger partial charge >= 0.3 is 25.8 Å². The second-order valence-electron chi connectivity index (χ2n) is 11.0. The van der Waals surface area contributed by atoms with Crippen LogP contribution in [0, 0.1) is 38.7 Å². The van der Waals surface area contributed by atoms with E-state index in [-0.39, 0.29) is 52.3 Å². The molecule has 3 aromatic carbocycles. The first kappa shape index (κ1) is 27.9. The zero-order valence-electron chi connectivity index (χ0n) is 22.0. The second kappa shape index (κ2) is 11.3. The number of nitrogens with zero attached hydrogens (tertiary/aromatic N) is 2. The van der Waals surface area contributed by atoms with Crippen LogP contribution in [-0.4, -0.2) is 10.5 Å². The van der Waals surface area contributed by atoms with Crippen molar-refractivity contribution in [1.82, 2.24) is 4.98 Å². The van der Waals surface area contributed by atoms with Crippen molar-refractivity contribution in [2.24, 2.45) is 17.8 Å². The molecule has 4 bridgehead atoms. The Balaban J connectivity index is 0.00000107. The average molecular weight is 651 g/mol. The van der Waals surface area contributed by atoms with E-state index >= 15 is 0 Å².